The molecule has 21 heavy (non-hydrogen) atoms. The van der Waals surface area contributed by atoms with Crippen molar-refractivity contribution >= 4 is 27.5 Å². The summed E-state index contributed by atoms with van der Waals surface area (Å²) in [5.41, 5.74) is 0.243. The van der Waals surface area contributed by atoms with Gasteiger partial charge in [-0.05, 0) is 31.5 Å². The largest absolute Gasteiger partial charge is 0.324 e. The van der Waals surface area contributed by atoms with Gasteiger partial charge in [-0.3, -0.25) is 4.79 Å². The topological polar surface area (TPSA) is 33.5 Å². The Morgan fingerprint density at radius 1 is 1.38 bits per heavy atom. The normalized spacial score (nSPS) is 27.2. The molecule has 0 aromatic heterocycles. The Balaban J connectivity index is 2.02. The number of nitrogens with one attached hydrogen (secondary N) is 2. The number of benzene rings is 1. The molecule has 0 bridgehead atoms. The second-order valence-electron chi connectivity index (χ2n) is 6.35. The summed E-state index contributed by atoms with van der Waals surface area (Å²) in [4.78, 5) is 13.6. The molecular weight excluding hydrogens is 335 g/mol. The molecule has 0 radical (unpaired) electrons. The van der Waals surface area contributed by atoms with E-state index in [1.165, 1.54) is 17.4 Å². The lowest BCUT2D eigenvalue weighted by Crippen LogP contribution is -3.18. The molecule has 3 nitrogen and oxygen atoms in total. The van der Waals surface area contributed by atoms with Crippen LogP contribution in [-0.2, 0) is 4.79 Å². The zero-order chi connectivity index (χ0) is 15.6. The van der Waals surface area contributed by atoms with Crippen molar-refractivity contribution in [3.8, 4) is 0 Å². The number of rotatable bonds is 3. The average Bonchev–Trinajstić information content (AvgIpc) is 2.40. The van der Waals surface area contributed by atoms with E-state index in [-0.39, 0.29) is 17.6 Å². The second kappa shape index (κ2) is 6.88. The molecule has 0 aliphatic carbocycles. The fourth-order valence-electron chi connectivity index (χ4n) is 3.20. The molecule has 1 heterocycles. The summed E-state index contributed by atoms with van der Waals surface area (Å²) in [5.74, 6) is 0.722. The van der Waals surface area contributed by atoms with E-state index in [1.54, 1.807) is 12.1 Å². The van der Waals surface area contributed by atoms with Gasteiger partial charge in [0.05, 0.1) is 18.8 Å². The third kappa shape index (κ3) is 4.27. The van der Waals surface area contributed by atoms with Crippen LogP contribution in [0, 0.1) is 17.7 Å². The monoisotopic (exact) mass is 357 g/mol. The highest BCUT2D eigenvalue weighted by Gasteiger charge is 2.32. The summed E-state index contributed by atoms with van der Waals surface area (Å²) in [6.45, 7) is 8.39. The molecule has 116 valence electrons. The molecule has 0 spiro atoms. The van der Waals surface area contributed by atoms with Gasteiger partial charge in [-0.2, -0.15) is 0 Å². The van der Waals surface area contributed by atoms with E-state index in [0.717, 1.165) is 13.1 Å². The summed E-state index contributed by atoms with van der Waals surface area (Å²) in [6.07, 6.45) is 1.22. The maximum Gasteiger partial charge on any atom is 0.282 e. The van der Waals surface area contributed by atoms with Crippen LogP contribution in [0.4, 0.5) is 10.1 Å². The first-order valence-electron chi connectivity index (χ1n) is 7.47. The van der Waals surface area contributed by atoms with E-state index in [9.17, 15) is 9.18 Å². The highest BCUT2D eigenvalue weighted by Crippen LogP contribution is 2.19. The van der Waals surface area contributed by atoms with E-state index < -0.39 is 5.82 Å². The molecule has 3 atom stereocenters. The Morgan fingerprint density at radius 3 is 2.57 bits per heavy atom. The number of carbonyl (C=O) groups excluding carboxylic acids is 1. The summed E-state index contributed by atoms with van der Waals surface area (Å²) < 4.78 is 14.5. The van der Waals surface area contributed by atoms with Gasteiger partial charge in [0, 0.05) is 16.3 Å². The quantitative estimate of drug-likeness (QED) is 0.855. The summed E-state index contributed by atoms with van der Waals surface area (Å²) in [6, 6.07) is 4.50. The molecule has 1 fully saturated rings. The van der Waals surface area contributed by atoms with Crippen LogP contribution in [0.25, 0.3) is 0 Å². The number of anilines is 1. The Hall–Kier alpha value is -0.940. The molecule has 2 rings (SSSR count). The van der Waals surface area contributed by atoms with Crippen LogP contribution in [0.1, 0.15) is 27.2 Å². The Kier molecular flexibility index (Phi) is 5.38. The van der Waals surface area contributed by atoms with Crippen LogP contribution in [0.2, 0.25) is 0 Å². The third-order valence-corrected chi connectivity index (χ3v) is 4.71. The zero-order valence-corrected chi connectivity index (χ0v) is 14.3. The van der Waals surface area contributed by atoms with Gasteiger partial charge < -0.3 is 10.2 Å². The molecule has 5 heteroatoms. The van der Waals surface area contributed by atoms with Crippen molar-refractivity contribution in [3.05, 3.63) is 28.5 Å². The number of halogens is 2. The lowest BCUT2D eigenvalue weighted by Gasteiger charge is -2.35. The first kappa shape index (κ1) is 16.4. The number of piperidine rings is 1. The Morgan fingerprint density at radius 2 is 2.00 bits per heavy atom. The molecule has 2 N–H and O–H groups in total. The predicted octanol–water partition coefficient (Wildman–Crippen LogP) is 2.48. The molecular formula is C16H23BrFN2O+. The second-order valence-corrected chi connectivity index (χ2v) is 7.26. The molecule has 1 aliphatic heterocycles. The van der Waals surface area contributed by atoms with E-state index in [4.69, 9.17) is 0 Å². The number of hydrogen-bond donors (Lipinski definition) is 2. The summed E-state index contributed by atoms with van der Waals surface area (Å²) in [5, 5.41) is 2.71. The summed E-state index contributed by atoms with van der Waals surface area (Å²) in [7, 11) is 0. The van der Waals surface area contributed by atoms with Gasteiger partial charge in [-0.15, -0.1) is 0 Å². The molecule has 1 saturated heterocycles. The Labute approximate surface area is 134 Å². The lowest BCUT2D eigenvalue weighted by atomic mass is 9.91. The van der Waals surface area contributed by atoms with Crippen LogP contribution in [0.15, 0.2) is 22.7 Å². The van der Waals surface area contributed by atoms with E-state index in [0.29, 0.717) is 16.3 Å². The first-order valence-corrected chi connectivity index (χ1v) is 8.26. The lowest BCUT2D eigenvalue weighted by molar-refractivity contribution is -0.925. The minimum Gasteiger partial charge on any atom is -0.324 e. The maximum atomic E-state index is 13.8. The maximum absolute atomic E-state index is 13.8. The number of likely N-dealkylation sites (tertiary alicyclic amines) is 1. The van der Waals surface area contributed by atoms with Crippen molar-refractivity contribution in [1.82, 2.24) is 0 Å². The van der Waals surface area contributed by atoms with Crippen molar-refractivity contribution in [2.24, 2.45) is 11.8 Å². The van der Waals surface area contributed by atoms with E-state index in [2.05, 4.69) is 35.1 Å². The highest BCUT2D eigenvalue weighted by atomic mass is 79.9. The van der Waals surface area contributed by atoms with Gasteiger partial charge in [0.15, 0.2) is 6.04 Å². The van der Waals surface area contributed by atoms with Crippen LogP contribution >= 0.6 is 15.9 Å². The molecule has 0 saturated carbocycles. The van der Waals surface area contributed by atoms with Crippen molar-refractivity contribution in [2.45, 2.75) is 33.2 Å². The SMILES string of the molecule is C[C@H]1C[C@H](C)C[NH+]([C@@H](C)C(=O)Nc2ccc(Br)cc2F)C1. The first-order chi connectivity index (χ1) is 9.86. The number of hydrogen-bond acceptors (Lipinski definition) is 1. The van der Waals surface area contributed by atoms with Crippen LogP contribution < -0.4 is 10.2 Å². The third-order valence-electron chi connectivity index (χ3n) is 4.22. The highest BCUT2D eigenvalue weighted by molar-refractivity contribution is 9.10. The molecule has 1 amide bonds. The standard InChI is InChI=1S/C16H22BrFN2O/c1-10-6-11(2)9-20(8-10)12(3)16(21)19-15-5-4-13(17)7-14(15)18/h4-5,7,10-12H,6,8-9H2,1-3H3,(H,19,21)/p+1/t10-,11-,12-/m0/s1. The van der Waals surface area contributed by atoms with Gasteiger partial charge >= 0.3 is 0 Å². The Bertz CT molecular complexity index is 513. The van der Waals surface area contributed by atoms with Gasteiger partial charge in [-0.25, -0.2) is 4.39 Å². The van der Waals surface area contributed by atoms with E-state index >= 15 is 0 Å². The van der Waals surface area contributed by atoms with Gasteiger partial charge in [0.2, 0.25) is 0 Å². The molecule has 1 aliphatic rings. The van der Waals surface area contributed by atoms with Crippen LogP contribution in [-0.4, -0.2) is 25.0 Å². The number of amides is 1. The smallest absolute Gasteiger partial charge is 0.282 e. The van der Waals surface area contributed by atoms with Crippen LogP contribution in [0.3, 0.4) is 0 Å². The molecule has 1 aromatic carbocycles. The average molecular weight is 358 g/mol. The van der Waals surface area contributed by atoms with Crippen molar-refractivity contribution in [2.75, 3.05) is 18.4 Å². The predicted molar refractivity (Wildman–Crippen MR) is 85.8 cm³/mol. The number of quaternary nitrogens is 1. The van der Waals surface area contributed by atoms with Crippen molar-refractivity contribution in [3.63, 3.8) is 0 Å². The fourth-order valence-corrected chi connectivity index (χ4v) is 3.54. The van der Waals surface area contributed by atoms with Gasteiger partial charge in [-0.1, -0.05) is 29.8 Å². The van der Waals surface area contributed by atoms with Gasteiger partial charge in [0.25, 0.3) is 5.91 Å². The van der Waals surface area contributed by atoms with Crippen molar-refractivity contribution < 1.29 is 14.1 Å². The summed E-state index contributed by atoms with van der Waals surface area (Å²) >= 11 is 3.21. The fraction of sp³-hybridized carbons (Fsp3) is 0.562. The zero-order valence-electron chi connectivity index (χ0n) is 12.7. The number of carbonyl (C=O) groups is 1. The van der Waals surface area contributed by atoms with E-state index in [1.807, 2.05) is 6.92 Å². The van der Waals surface area contributed by atoms with Gasteiger partial charge in [0.1, 0.15) is 5.82 Å². The molecule has 1 aromatic rings. The minimum atomic E-state index is -0.416. The molecule has 0 unspecified atom stereocenters. The van der Waals surface area contributed by atoms with Crippen LogP contribution in [0.5, 0.6) is 0 Å². The van der Waals surface area contributed by atoms with Crippen molar-refractivity contribution in [1.29, 1.82) is 0 Å². The minimum absolute atomic E-state index is 0.118.